The Morgan fingerprint density at radius 3 is 2.93 bits per heavy atom. The molecule has 4 heteroatoms. The molecule has 4 nitrogen and oxygen atoms in total. The van der Waals surface area contributed by atoms with Gasteiger partial charge in [0.2, 0.25) is 5.91 Å². The van der Waals surface area contributed by atoms with E-state index in [4.69, 9.17) is 0 Å². The smallest absolute Gasteiger partial charge is 0.221 e. The molecule has 0 bridgehead atoms. The van der Waals surface area contributed by atoms with Gasteiger partial charge >= 0.3 is 0 Å². The van der Waals surface area contributed by atoms with Crippen LogP contribution in [-0.2, 0) is 4.79 Å². The first-order valence-electron chi connectivity index (χ1n) is 5.09. The second-order valence-corrected chi connectivity index (χ2v) is 3.35. The molecule has 0 saturated heterocycles. The maximum atomic E-state index is 11.0. The molecule has 0 aromatic carbocycles. The number of nitrogens with one attached hydrogen (secondary N) is 2. The Balaban J connectivity index is 2.31. The van der Waals surface area contributed by atoms with Crippen molar-refractivity contribution in [2.45, 2.75) is 19.4 Å². The van der Waals surface area contributed by atoms with Gasteiger partial charge in [-0.3, -0.25) is 9.78 Å². The van der Waals surface area contributed by atoms with Crippen molar-refractivity contribution in [1.29, 1.82) is 0 Å². The molecule has 0 saturated carbocycles. The van der Waals surface area contributed by atoms with Crippen LogP contribution in [-0.4, -0.2) is 24.5 Å². The minimum absolute atomic E-state index is 0.0516. The topological polar surface area (TPSA) is 54.0 Å². The van der Waals surface area contributed by atoms with Crippen molar-refractivity contribution in [2.75, 3.05) is 13.6 Å². The number of pyridine rings is 1. The van der Waals surface area contributed by atoms with Crippen LogP contribution in [0.15, 0.2) is 24.4 Å². The third-order valence-electron chi connectivity index (χ3n) is 2.21. The van der Waals surface area contributed by atoms with Crippen LogP contribution in [0.2, 0.25) is 0 Å². The Kier molecular flexibility index (Phi) is 4.77. The maximum Gasteiger partial charge on any atom is 0.221 e. The van der Waals surface area contributed by atoms with Gasteiger partial charge in [0.15, 0.2) is 0 Å². The first-order chi connectivity index (χ1) is 7.24. The third-order valence-corrected chi connectivity index (χ3v) is 2.21. The quantitative estimate of drug-likeness (QED) is 0.753. The van der Waals surface area contributed by atoms with E-state index in [2.05, 4.69) is 15.6 Å². The van der Waals surface area contributed by atoms with Crippen molar-refractivity contribution in [1.82, 2.24) is 15.6 Å². The highest BCUT2D eigenvalue weighted by Crippen LogP contribution is 2.06. The fourth-order valence-corrected chi connectivity index (χ4v) is 1.26. The number of rotatable bonds is 5. The number of amides is 1. The number of nitrogens with zero attached hydrogens (tertiary/aromatic N) is 1. The van der Waals surface area contributed by atoms with E-state index < -0.39 is 0 Å². The van der Waals surface area contributed by atoms with Gasteiger partial charge < -0.3 is 10.6 Å². The van der Waals surface area contributed by atoms with E-state index in [0.29, 0.717) is 13.0 Å². The molecule has 15 heavy (non-hydrogen) atoms. The molecule has 82 valence electrons. The van der Waals surface area contributed by atoms with Crippen LogP contribution in [0.5, 0.6) is 0 Å². The highest BCUT2D eigenvalue weighted by molar-refractivity contribution is 5.75. The lowest BCUT2D eigenvalue weighted by Gasteiger charge is -2.12. The number of hydrogen-bond acceptors (Lipinski definition) is 3. The highest BCUT2D eigenvalue weighted by Gasteiger charge is 2.05. The Labute approximate surface area is 90.1 Å². The molecule has 1 atom stereocenters. The van der Waals surface area contributed by atoms with E-state index in [1.807, 2.05) is 25.1 Å². The lowest BCUT2D eigenvalue weighted by atomic mass is 10.2. The molecular formula is C11H17N3O. The predicted octanol–water partition coefficient (Wildman–Crippen LogP) is 0.868. The van der Waals surface area contributed by atoms with Crippen molar-refractivity contribution in [3.8, 4) is 0 Å². The summed E-state index contributed by atoms with van der Waals surface area (Å²) in [5.41, 5.74) is 0.995. The third kappa shape index (κ3) is 4.08. The Morgan fingerprint density at radius 2 is 2.33 bits per heavy atom. The molecule has 0 unspecified atom stereocenters. The van der Waals surface area contributed by atoms with E-state index in [1.54, 1.807) is 13.2 Å². The second-order valence-electron chi connectivity index (χ2n) is 3.35. The standard InChI is InChI=1S/C11H17N3O/c1-9(10-5-3-4-7-14-10)13-8-6-11(15)12-2/h3-5,7,9,13H,6,8H2,1-2H3,(H,12,15)/t9-/m0/s1. The molecule has 0 aliphatic carbocycles. The summed E-state index contributed by atoms with van der Waals surface area (Å²) in [6, 6.07) is 5.99. The van der Waals surface area contributed by atoms with Crippen LogP contribution in [0.3, 0.4) is 0 Å². The average Bonchev–Trinajstić information content (AvgIpc) is 2.29. The summed E-state index contributed by atoms with van der Waals surface area (Å²) < 4.78 is 0. The van der Waals surface area contributed by atoms with Crippen LogP contribution in [0, 0.1) is 0 Å². The highest BCUT2D eigenvalue weighted by atomic mass is 16.1. The fraction of sp³-hybridized carbons (Fsp3) is 0.455. The molecule has 1 amide bonds. The number of carbonyl (C=O) groups excluding carboxylic acids is 1. The molecule has 1 rings (SSSR count). The predicted molar refractivity (Wildman–Crippen MR) is 59.3 cm³/mol. The number of hydrogen-bond donors (Lipinski definition) is 2. The minimum atomic E-state index is 0.0516. The molecule has 0 aliphatic heterocycles. The largest absolute Gasteiger partial charge is 0.359 e. The molecular weight excluding hydrogens is 190 g/mol. The van der Waals surface area contributed by atoms with Crippen LogP contribution < -0.4 is 10.6 Å². The summed E-state index contributed by atoms with van der Waals surface area (Å²) in [4.78, 5) is 15.2. The van der Waals surface area contributed by atoms with Gasteiger partial charge in [-0.1, -0.05) is 6.07 Å². The first-order valence-corrected chi connectivity index (χ1v) is 5.09. The van der Waals surface area contributed by atoms with Crippen molar-refractivity contribution in [2.24, 2.45) is 0 Å². The van der Waals surface area contributed by atoms with E-state index >= 15 is 0 Å². The van der Waals surface area contributed by atoms with Crippen molar-refractivity contribution in [3.63, 3.8) is 0 Å². The van der Waals surface area contributed by atoms with Gasteiger partial charge in [0.25, 0.3) is 0 Å². The van der Waals surface area contributed by atoms with Crippen LogP contribution >= 0.6 is 0 Å². The lowest BCUT2D eigenvalue weighted by molar-refractivity contribution is -0.120. The molecule has 0 radical (unpaired) electrons. The molecule has 1 heterocycles. The van der Waals surface area contributed by atoms with Crippen LogP contribution in [0.1, 0.15) is 25.1 Å². The number of aromatic nitrogens is 1. The normalized spacial score (nSPS) is 12.1. The second kappa shape index (κ2) is 6.14. The van der Waals surface area contributed by atoms with Crippen LogP contribution in [0.4, 0.5) is 0 Å². The maximum absolute atomic E-state index is 11.0. The lowest BCUT2D eigenvalue weighted by Crippen LogP contribution is -2.26. The van der Waals surface area contributed by atoms with Gasteiger partial charge in [0, 0.05) is 32.3 Å². The molecule has 1 aromatic rings. The average molecular weight is 207 g/mol. The molecule has 0 aliphatic rings. The zero-order valence-electron chi connectivity index (χ0n) is 9.16. The van der Waals surface area contributed by atoms with E-state index in [-0.39, 0.29) is 11.9 Å². The van der Waals surface area contributed by atoms with Gasteiger partial charge in [-0.2, -0.15) is 0 Å². The summed E-state index contributed by atoms with van der Waals surface area (Å²) in [6.45, 7) is 2.70. The molecule has 2 N–H and O–H groups in total. The Bertz CT molecular complexity index is 300. The van der Waals surface area contributed by atoms with Gasteiger partial charge in [-0.05, 0) is 19.1 Å². The van der Waals surface area contributed by atoms with Gasteiger partial charge in [0.05, 0.1) is 5.69 Å². The monoisotopic (exact) mass is 207 g/mol. The van der Waals surface area contributed by atoms with Crippen molar-refractivity contribution >= 4 is 5.91 Å². The fourth-order valence-electron chi connectivity index (χ4n) is 1.26. The SMILES string of the molecule is CNC(=O)CCN[C@@H](C)c1ccccn1. The van der Waals surface area contributed by atoms with E-state index in [9.17, 15) is 4.79 Å². The van der Waals surface area contributed by atoms with Gasteiger partial charge in [-0.25, -0.2) is 0 Å². The van der Waals surface area contributed by atoms with Crippen LogP contribution in [0.25, 0.3) is 0 Å². The van der Waals surface area contributed by atoms with Gasteiger partial charge in [0.1, 0.15) is 0 Å². The molecule has 0 spiro atoms. The first kappa shape index (κ1) is 11.7. The van der Waals surface area contributed by atoms with Crippen molar-refractivity contribution < 1.29 is 4.79 Å². The minimum Gasteiger partial charge on any atom is -0.359 e. The van der Waals surface area contributed by atoms with E-state index in [1.165, 1.54) is 0 Å². The molecule has 1 aromatic heterocycles. The Morgan fingerprint density at radius 1 is 1.53 bits per heavy atom. The summed E-state index contributed by atoms with van der Waals surface area (Å²) in [6.07, 6.45) is 2.26. The summed E-state index contributed by atoms with van der Waals surface area (Å²) in [7, 11) is 1.64. The Hall–Kier alpha value is -1.42. The summed E-state index contributed by atoms with van der Waals surface area (Å²) in [5.74, 6) is 0.0516. The van der Waals surface area contributed by atoms with Crippen molar-refractivity contribution in [3.05, 3.63) is 30.1 Å². The van der Waals surface area contributed by atoms with E-state index in [0.717, 1.165) is 5.69 Å². The summed E-state index contributed by atoms with van der Waals surface area (Å²) in [5, 5.41) is 5.82. The number of carbonyl (C=O) groups is 1. The van der Waals surface area contributed by atoms with Gasteiger partial charge in [-0.15, -0.1) is 0 Å². The molecule has 0 fully saturated rings. The summed E-state index contributed by atoms with van der Waals surface area (Å²) >= 11 is 0. The zero-order chi connectivity index (χ0) is 11.1. The zero-order valence-corrected chi connectivity index (χ0v) is 9.16.